The van der Waals surface area contributed by atoms with Crippen molar-refractivity contribution in [2.45, 2.75) is 46.1 Å². The summed E-state index contributed by atoms with van der Waals surface area (Å²) >= 11 is 0. The van der Waals surface area contributed by atoms with E-state index in [1.165, 1.54) is 19.3 Å². The fourth-order valence-corrected chi connectivity index (χ4v) is 2.97. The molecule has 0 saturated carbocycles. The lowest BCUT2D eigenvalue weighted by Crippen LogP contribution is -2.46. The number of nitrogens with two attached hydrogens (primary N) is 1. The monoisotopic (exact) mass is 376 g/mol. The Hall–Kier alpha value is -1.79. The van der Waals surface area contributed by atoms with Crippen LogP contribution in [0.15, 0.2) is 29.3 Å². The van der Waals surface area contributed by atoms with E-state index < -0.39 is 0 Å². The molecular formula is C21H36N4O2. The Kier molecular flexibility index (Phi) is 8.38. The molecule has 1 aromatic carbocycles. The molecule has 0 aromatic heterocycles. The predicted octanol–water partition coefficient (Wildman–Crippen LogP) is 3.34. The van der Waals surface area contributed by atoms with Crippen molar-refractivity contribution in [2.24, 2.45) is 16.1 Å². The second-order valence-electron chi connectivity index (χ2n) is 8.04. The zero-order valence-corrected chi connectivity index (χ0v) is 17.3. The van der Waals surface area contributed by atoms with E-state index in [4.69, 9.17) is 20.2 Å². The minimum absolute atomic E-state index is 0.00893. The van der Waals surface area contributed by atoms with Gasteiger partial charge in [0.15, 0.2) is 5.96 Å². The number of piperidine rings is 1. The average molecular weight is 377 g/mol. The van der Waals surface area contributed by atoms with Crippen LogP contribution in [0.1, 0.15) is 40.0 Å². The van der Waals surface area contributed by atoms with Gasteiger partial charge < -0.3 is 25.4 Å². The van der Waals surface area contributed by atoms with Gasteiger partial charge in [0.25, 0.3) is 0 Å². The van der Waals surface area contributed by atoms with Gasteiger partial charge in [-0.15, -0.1) is 0 Å². The number of benzene rings is 1. The van der Waals surface area contributed by atoms with Crippen molar-refractivity contribution in [2.75, 3.05) is 45.3 Å². The minimum Gasteiger partial charge on any atom is -0.491 e. The largest absolute Gasteiger partial charge is 0.491 e. The number of hydrogen-bond acceptors (Lipinski definition) is 4. The highest BCUT2D eigenvalue weighted by Crippen LogP contribution is 2.21. The molecule has 0 spiro atoms. The summed E-state index contributed by atoms with van der Waals surface area (Å²) in [5.74, 6) is 1.78. The molecular weight excluding hydrogens is 340 g/mol. The molecule has 0 bridgehead atoms. The smallest absolute Gasteiger partial charge is 0.198 e. The number of anilines is 1. The quantitative estimate of drug-likeness (QED) is 0.414. The summed E-state index contributed by atoms with van der Waals surface area (Å²) < 4.78 is 10.7. The first-order chi connectivity index (χ1) is 12.9. The zero-order valence-electron chi connectivity index (χ0n) is 17.3. The zero-order chi connectivity index (χ0) is 19.7. The number of hydrogen-bond donors (Lipinski definition) is 2. The Labute approximate surface area is 164 Å². The number of methoxy groups -OCH3 is 1. The molecule has 1 aromatic rings. The Balaban J connectivity index is 2.09. The first-order valence-corrected chi connectivity index (χ1v) is 9.95. The maximum absolute atomic E-state index is 5.89. The summed E-state index contributed by atoms with van der Waals surface area (Å²) in [6.45, 7) is 10.1. The fourth-order valence-electron chi connectivity index (χ4n) is 2.97. The van der Waals surface area contributed by atoms with Gasteiger partial charge in [0.2, 0.25) is 0 Å². The second kappa shape index (κ2) is 10.5. The van der Waals surface area contributed by atoms with E-state index in [0.717, 1.165) is 23.9 Å². The maximum Gasteiger partial charge on any atom is 0.198 e. The normalized spacial score (nSPS) is 18.5. The van der Waals surface area contributed by atoms with Crippen LogP contribution in [0, 0.1) is 5.41 Å². The second-order valence-corrected chi connectivity index (χ2v) is 8.04. The Morgan fingerprint density at radius 1 is 1.26 bits per heavy atom. The lowest BCUT2D eigenvalue weighted by atomic mass is 9.94. The van der Waals surface area contributed by atoms with Gasteiger partial charge in [-0.1, -0.05) is 13.8 Å². The Bertz CT molecular complexity index is 586. The lowest BCUT2D eigenvalue weighted by Gasteiger charge is -2.36. The summed E-state index contributed by atoms with van der Waals surface area (Å²) in [4.78, 5) is 7.31. The fraction of sp³-hybridized carbons (Fsp3) is 0.667. The van der Waals surface area contributed by atoms with Crippen molar-refractivity contribution >= 4 is 11.6 Å². The van der Waals surface area contributed by atoms with E-state index in [2.05, 4.69) is 31.0 Å². The van der Waals surface area contributed by atoms with Crippen molar-refractivity contribution < 1.29 is 9.47 Å². The van der Waals surface area contributed by atoms with Crippen molar-refractivity contribution in [3.8, 4) is 5.75 Å². The standard InChI is InChI=1S/C21H36N4O2/c1-17-7-5-6-12-25(17)20(23-16-21(2,3)15-22)24-18-8-10-19(11-9-18)27-14-13-26-4/h8-11,17H,5-7,12-16,22H2,1-4H3,(H,23,24). The molecule has 27 heavy (non-hydrogen) atoms. The molecule has 3 N–H and O–H groups in total. The molecule has 0 aliphatic carbocycles. The highest BCUT2D eigenvalue weighted by molar-refractivity contribution is 5.94. The Morgan fingerprint density at radius 2 is 2.00 bits per heavy atom. The molecule has 1 saturated heterocycles. The molecule has 6 nitrogen and oxygen atoms in total. The molecule has 152 valence electrons. The van der Waals surface area contributed by atoms with E-state index in [1.807, 2.05) is 24.3 Å². The third-order valence-electron chi connectivity index (χ3n) is 4.95. The van der Waals surface area contributed by atoms with Crippen LogP contribution in [0.5, 0.6) is 5.75 Å². The van der Waals surface area contributed by atoms with E-state index >= 15 is 0 Å². The van der Waals surface area contributed by atoms with Crippen LogP contribution in [0.4, 0.5) is 5.69 Å². The van der Waals surface area contributed by atoms with Crippen molar-refractivity contribution in [1.29, 1.82) is 0 Å². The van der Waals surface area contributed by atoms with Gasteiger partial charge in [-0.2, -0.15) is 0 Å². The number of nitrogens with zero attached hydrogens (tertiary/aromatic N) is 2. The molecule has 0 amide bonds. The molecule has 2 rings (SSSR count). The molecule has 1 aliphatic heterocycles. The maximum atomic E-state index is 5.89. The van der Waals surface area contributed by atoms with Crippen LogP contribution in [0.2, 0.25) is 0 Å². The first-order valence-electron chi connectivity index (χ1n) is 9.95. The van der Waals surface area contributed by atoms with Gasteiger partial charge >= 0.3 is 0 Å². The minimum atomic E-state index is -0.00893. The highest BCUT2D eigenvalue weighted by Gasteiger charge is 2.23. The van der Waals surface area contributed by atoms with Crippen LogP contribution < -0.4 is 15.8 Å². The third kappa shape index (κ3) is 7.03. The summed E-state index contributed by atoms with van der Waals surface area (Å²) in [6, 6.07) is 8.49. The topological polar surface area (TPSA) is 72.1 Å². The Morgan fingerprint density at radius 3 is 2.63 bits per heavy atom. The molecule has 1 unspecified atom stereocenters. The van der Waals surface area contributed by atoms with Crippen molar-refractivity contribution in [3.63, 3.8) is 0 Å². The van der Waals surface area contributed by atoms with E-state index in [1.54, 1.807) is 7.11 Å². The highest BCUT2D eigenvalue weighted by atomic mass is 16.5. The van der Waals surface area contributed by atoms with Gasteiger partial charge in [-0.05, 0) is 62.4 Å². The van der Waals surface area contributed by atoms with Crippen LogP contribution >= 0.6 is 0 Å². The summed E-state index contributed by atoms with van der Waals surface area (Å²) in [6.07, 6.45) is 3.69. The molecule has 1 atom stereocenters. The van der Waals surface area contributed by atoms with Crippen LogP contribution in [-0.2, 0) is 4.74 Å². The van der Waals surface area contributed by atoms with Crippen molar-refractivity contribution in [3.05, 3.63) is 24.3 Å². The van der Waals surface area contributed by atoms with Gasteiger partial charge in [0, 0.05) is 31.9 Å². The third-order valence-corrected chi connectivity index (χ3v) is 4.95. The molecule has 0 radical (unpaired) electrons. The summed E-state index contributed by atoms with van der Waals surface area (Å²) in [7, 11) is 1.67. The van der Waals surface area contributed by atoms with Crippen molar-refractivity contribution in [1.82, 2.24) is 4.90 Å². The lowest BCUT2D eigenvalue weighted by molar-refractivity contribution is 0.146. The summed E-state index contributed by atoms with van der Waals surface area (Å²) in [5.41, 5.74) is 6.89. The number of aliphatic imine (C=N–C) groups is 1. The van der Waals surface area contributed by atoms with E-state index in [0.29, 0.717) is 32.3 Å². The summed E-state index contributed by atoms with van der Waals surface area (Å²) in [5, 5.41) is 3.53. The van der Waals surface area contributed by atoms with Crippen LogP contribution in [0.3, 0.4) is 0 Å². The number of rotatable bonds is 8. The van der Waals surface area contributed by atoms with Gasteiger partial charge in [0.05, 0.1) is 6.61 Å². The molecule has 1 aliphatic rings. The van der Waals surface area contributed by atoms with Gasteiger partial charge in [0.1, 0.15) is 12.4 Å². The number of likely N-dealkylation sites (tertiary alicyclic amines) is 1. The molecule has 1 heterocycles. The van der Waals surface area contributed by atoms with E-state index in [9.17, 15) is 0 Å². The molecule has 1 fully saturated rings. The number of nitrogens with one attached hydrogen (secondary N) is 1. The van der Waals surface area contributed by atoms with Gasteiger partial charge in [-0.25, -0.2) is 0 Å². The molecule has 6 heteroatoms. The van der Waals surface area contributed by atoms with Gasteiger partial charge in [-0.3, -0.25) is 4.99 Å². The first kappa shape index (κ1) is 21.5. The predicted molar refractivity (Wildman–Crippen MR) is 113 cm³/mol. The van der Waals surface area contributed by atoms with Crippen LogP contribution in [0.25, 0.3) is 0 Å². The van der Waals surface area contributed by atoms with E-state index in [-0.39, 0.29) is 5.41 Å². The number of guanidine groups is 1. The SMILES string of the molecule is COCCOc1ccc(NC(=NCC(C)(C)CN)N2CCCCC2C)cc1. The average Bonchev–Trinajstić information content (AvgIpc) is 2.67. The number of ether oxygens (including phenoxy) is 2. The van der Waals surface area contributed by atoms with Crippen LogP contribution in [-0.4, -0.2) is 56.9 Å².